The fraction of sp³-hybridized carbons (Fsp3) is 0.188. The smallest absolute Gasteiger partial charge is 0.173 e. The van der Waals surface area contributed by atoms with E-state index in [0.717, 1.165) is 12.2 Å². The molecule has 3 rings (SSSR count). The third kappa shape index (κ3) is 2.22. The van der Waals surface area contributed by atoms with Crippen molar-refractivity contribution in [3.05, 3.63) is 53.6 Å². The van der Waals surface area contributed by atoms with E-state index in [1.165, 1.54) is 17.3 Å². The zero-order valence-electron chi connectivity index (χ0n) is 10.9. The van der Waals surface area contributed by atoms with Crippen LogP contribution in [-0.4, -0.2) is 6.71 Å². The lowest BCUT2D eigenvalue weighted by atomic mass is 9.48. The zero-order chi connectivity index (χ0) is 13.2. The van der Waals surface area contributed by atoms with E-state index in [1.54, 1.807) is 6.07 Å². The summed E-state index contributed by atoms with van der Waals surface area (Å²) < 4.78 is 5.84. The Labute approximate surface area is 113 Å². The third-order valence-corrected chi connectivity index (χ3v) is 3.73. The van der Waals surface area contributed by atoms with Crippen molar-refractivity contribution in [3.63, 3.8) is 0 Å². The number of nitrogens with zero attached hydrogens (tertiary/aromatic N) is 1. The van der Waals surface area contributed by atoms with E-state index in [0.29, 0.717) is 18.0 Å². The molecule has 0 radical (unpaired) electrons. The van der Waals surface area contributed by atoms with Gasteiger partial charge in [0.15, 0.2) is 6.71 Å². The molecule has 0 saturated carbocycles. The largest absolute Gasteiger partial charge is 0.456 e. The molecule has 0 aromatic heterocycles. The first-order valence-electron chi connectivity index (χ1n) is 6.58. The molecule has 3 heteroatoms. The number of hydrogen-bond donors (Lipinski definition) is 0. The molecule has 0 fully saturated rings. The van der Waals surface area contributed by atoms with Crippen molar-refractivity contribution in [2.24, 2.45) is 0 Å². The van der Waals surface area contributed by atoms with Crippen molar-refractivity contribution in [2.75, 3.05) is 0 Å². The molecule has 0 spiro atoms. The maximum atomic E-state index is 9.06. The number of benzene rings is 2. The minimum Gasteiger partial charge on any atom is -0.456 e. The summed E-state index contributed by atoms with van der Waals surface area (Å²) in [6.07, 6.45) is 2.33. The van der Waals surface area contributed by atoms with Gasteiger partial charge in [0.2, 0.25) is 0 Å². The number of rotatable bonds is 2. The summed E-state index contributed by atoms with van der Waals surface area (Å²) in [4.78, 5) is 0. The Morgan fingerprint density at radius 1 is 1.21 bits per heavy atom. The summed E-state index contributed by atoms with van der Waals surface area (Å²) in [6.45, 7) is 2.91. The van der Waals surface area contributed by atoms with Crippen LogP contribution < -0.4 is 10.2 Å². The predicted octanol–water partition coefficient (Wildman–Crippen LogP) is 3.24. The number of fused-ring (bicyclic) bond motifs is 1. The van der Waals surface area contributed by atoms with Gasteiger partial charge in [-0.15, -0.1) is 0 Å². The van der Waals surface area contributed by atoms with Crippen LogP contribution in [-0.2, 0) is 6.42 Å². The predicted molar refractivity (Wildman–Crippen MR) is 77.4 cm³/mol. The van der Waals surface area contributed by atoms with Crippen molar-refractivity contribution in [2.45, 2.75) is 19.6 Å². The fourth-order valence-electron chi connectivity index (χ4n) is 2.65. The quantitative estimate of drug-likeness (QED) is 0.763. The van der Waals surface area contributed by atoms with Crippen molar-refractivity contribution in [1.29, 1.82) is 5.26 Å². The van der Waals surface area contributed by atoms with Crippen LogP contribution >= 0.6 is 0 Å². The second-order valence-corrected chi connectivity index (χ2v) is 5.01. The normalized spacial score (nSPS) is 12.9. The Kier molecular flexibility index (Phi) is 3.01. The van der Waals surface area contributed by atoms with E-state index in [4.69, 9.17) is 10.00 Å². The van der Waals surface area contributed by atoms with Crippen LogP contribution in [0.5, 0.6) is 11.5 Å². The monoisotopic (exact) mass is 247 g/mol. The number of hydrogen-bond acceptors (Lipinski definition) is 2. The molecular formula is C16H14BNO. The average molecular weight is 247 g/mol. The van der Waals surface area contributed by atoms with Crippen LogP contribution in [0.1, 0.15) is 11.1 Å². The average Bonchev–Trinajstić information content (AvgIpc) is 2.81. The molecule has 0 aliphatic carbocycles. The van der Waals surface area contributed by atoms with Gasteiger partial charge in [-0.3, -0.25) is 0 Å². The van der Waals surface area contributed by atoms with E-state index in [9.17, 15) is 0 Å². The van der Waals surface area contributed by atoms with Gasteiger partial charge in [-0.1, -0.05) is 42.4 Å². The second kappa shape index (κ2) is 4.82. The van der Waals surface area contributed by atoms with Crippen LogP contribution in [0.4, 0.5) is 0 Å². The summed E-state index contributed by atoms with van der Waals surface area (Å²) >= 11 is 0. The van der Waals surface area contributed by atoms with Crippen LogP contribution in [0, 0.1) is 11.3 Å². The van der Waals surface area contributed by atoms with Gasteiger partial charge in [-0.25, -0.2) is 0 Å². The molecular weight excluding hydrogens is 233 g/mol. The standard InChI is InChI=1S/C16H14BNO/c1-17-9-8-12-10-14(6-7-15(12)17)19-16-5-3-2-4-13(16)11-18/h2-7,10H,8-9H2,1H3. The Hall–Kier alpha value is -2.21. The molecule has 0 bridgehead atoms. The molecule has 0 amide bonds. The van der Waals surface area contributed by atoms with E-state index in [-0.39, 0.29) is 0 Å². The van der Waals surface area contributed by atoms with Crippen molar-refractivity contribution in [3.8, 4) is 17.6 Å². The van der Waals surface area contributed by atoms with E-state index >= 15 is 0 Å². The van der Waals surface area contributed by atoms with Gasteiger partial charge in [0.05, 0.1) is 5.56 Å². The molecule has 2 nitrogen and oxygen atoms in total. The van der Waals surface area contributed by atoms with E-state index < -0.39 is 0 Å². The molecule has 0 atom stereocenters. The maximum absolute atomic E-state index is 9.06. The molecule has 0 N–H and O–H groups in total. The highest BCUT2D eigenvalue weighted by atomic mass is 16.5. The summed E-state index contributed by atoms with van der Waals surface area (Å²) in [5, 5.41) is 9.06. The lowest BCUT2D eigenvalue weighted by molar-refractivity contribution is 0.480. The van der Waals surface area contributed by atoms with Crippen LogP contribution in [0.25, 0.3) is 0 Å². The number of nitriles is 1. The Morgan fingerprint density at radius 3 is 2.89 bits per heavy atom. The van der Waals surface area contributed by atoms with Gasteiger partial charge in [0.1, 0.15) is 17.6 Å². The first-order chi connectivity index (χ1) is 9.28. The van der Waals surface area contributed by atoms with Gasteiger partial charge in [-0.2, -0.15) is 5.26 Å². The van der Waals surface area contributed by atoms with Crippen molar-refractivity contribution >= 4 is 12.2 Å². The highest BCUT2D eigenvalue weighted by molar-refractivity contribution is 6.73. The van der Waals surface area contributed by atoms with Crippen LogP contribution in [0.15, 0.2) is 42.5 Å². The fourth-order valence-corrected chi connectivity index (χ4v) is 2.65. The minimum atomic E-state index is 0.566. The zero-order valence-corrected chi connectivity index (χ0v) is 10.9. The first kappa shape index (κ1) is 11.9. The number of aryl methyl sites for hydroxylation is 1. The minimum absolute atomic E-state index is 0.566. The molecule has 0 unspecified atom stereocenters. The molecule has 2 aromatic carbocycles. The Balaban J connectivity index is 1.91. The van der Waals surface area contributed by atoms with Crippen molar-refractivity contribution in [1.82, 2.24) is 0 Å². The number of para-hydroxylation sites is 1. The molecule has 19 heavy (non-hydrogen) atoms. The molecule has 92 valence electrons. The van der Waals surface area contributed by atoms with Gasteiger partial charge in [-0.05, 0) is 30.7 Å². The topological polar surface area (TPSA) is 33.0 Å². The lowest BCUT2D eigenvalue weighted by Crippen LogP contribution is -2.21. The Morgan fingerprint density at radius 2 is 2.05 bits per heavy atom. The third-order valence-electron chi connectivity index (χ3n) is 3.73. The summed E-state index contributed by atoms with van der Waals surface area (Å²) in [6, 6.07) is 15.7. The van der Waals surface area contributed by atoms with Gasteiger partial charge in [0.25, 0.3) is 0 Å². The highest BCUT2D eigenvalue weighted by Crippen LogP contribution is 2.27. The molecule has 0 saturated heterocycles. The van der Waals surface area contributed by atoms with Crippen LogP contribution in [0.2, 0.25) is 13.1 Å². The summed E-state index contributed by atoms with van der Waals surface area (Å²) in [5.41, 5.74) is 3.37. The van der Waals surface area contributed by atoms with Crippen molar-refractivity contribution < 1.29 is 4.74 Å². The first-order valence-corrected chi connectivity index (χ1v) is 6.58. The highest BCUT2D eigenvalue weighted by Gasteiger charge is 2.21. The Bertz CT molecular complexity index is 660. The molecule has 1 aliphatic rings. The molecule has 1 aliphatic heterocycles. The summed E-state index contributed by atoms with van der Waals surface area (Å²) in [5.74, 6) is 1.44. The van der Waals surface area contributed by atoms with Gasteiger partial charge >= 0.3 is 0 Å². The molecule has 1 heterocycles. The SMILES string of the molecule is CB1CCc2cc(Oc3ccccc3C#N)ccc21. The van der Waals surface area contributed by atoms with E-state index in [2.05, 4.69) is 25.0 Å². The second-order valence-electron chi connectivity index (χ2n) is 5.01. The maximum Gasteiger partial charge on any atom is 0.173 e. The van der Waals surface area contributed by atoms with E-state index in [1.807, 2.05) is 24.3 Å². The van der Waals surface area contributed by atoms with Gasteiger partial charge < -0.3 is 4.74 Å². The van der Waals surface area contributed by atoms with Crippen LogP contribution in [0.3, 0.4) is 0 Å². The summed E-state index contributed by atoms with van der Waals surface area (Å²) in [7, 11) is 0. The number of ether oxygens (including phenoxy) is 1. The van der Waals surface area contributed by atoms with Gasteiger partial charge in [0, 0.05) is 0 Å². The lowest BCUT2D eigenvalue weighted by Gasteiger charge is -2.09. The molecule has 2 aromatic rings.